The van der Waals surface area contributed by atoms with Gasteiger partial charge in [0.2, 0.25) is 5.91 Å². The highest BCUT2D eigenvalue weighted by Gasteiger charge is 2.28. The van der Waals surface area contributed by atoms with E-state index in [1.807, 2.05) is 42.1 Å². The first-order chi connectivity index (χ1) is 11.2. The van der Waals surface area contributed by atoms with E-state index in [1.165, 1.54) is 0 Å². The maximum Gasteiger partial charge on any atom is 0.249 e. The molecule has 1 aromatic carbocycles. The van der Waals surface area contributed by atoms with Crippen LogP contribution in [0.1, 0.15) is 30.3 Å². The largest absolute Gasteiger partial charge is 0.497 e. The molecule has 0 aliphatic carbocycles. The normalized spacial score (nSPS) is 18.6. The minimum absolute atomic E-state index is 0.0914. The van der Waals surface area contributed by atoms with Gasteiger partial charge < -0.3 is 19.4 Å². The molecule has 1 aliphatic heterocycles. The van der Waals surface area contributed by atoms with Crippen LogP contribution in [0.25, 0.3) is 0 Å². The SMILES string of the molecule is COc1ccc([C@H](NC(=O)[C@@H]2CCCO2)c2nccn2C)cc1. The van der Waals surface area contributed by atoms with Crippen molar-refractivity contribution in [2.75, 3.05) is 13.7 Å². The molecule has 0 saturated carbocycles. The second-order valence-corrected chi connectivity index (χ2v) is 5.61. The van der Waals surface area contributed by atoms with Gasteiger partial charge in [0.1, 0.15) is 23.7 Å². The molecule has 1 amide bonds. The molecule has 0 unspecified atom stereocenters. The van der Waals surface area contributed by atoms with Crippen molar-refractivity contribution < 1.29 is 14.3 Å². The predicted octanol–water partition coefficient (Wildman–Crippen LogP) is 1.81. The van der Waals surface area contributed by atoms with E-state index < -0.39 is 0 Å². The number of carbonyl (C=O) groups excluding carboxylic acids is 1. The Balaban J connectivity index is 1.86. The van der Waals surface area contributed by atoms with Gasteiger partial charge in [0.05, 0.1) is 7.11 Å². The first kappa shape index (κ1) is 15.6. The summed E-state index contributed by atoms with van der Waals surface area (Å²) in [7, 11) is 3.54. The molecule has 1 fully saturated rings. The number of hydrogen-bond donors (Lipinski definition) is 1. The monoisotopic (exact) mass is 315 g/mol. The molecule has 1 aliphatic rings. The van der Waals surface area contributed by atoms with Gasteiger partial charge >= 0.3 is 0 Å². The summed E-state index contributed by atoms with van der Waals surface area (Å²) in [6.07, 6.45) is 4.92. The third kappa shape index (κ3) is 3.37. The number of aromatic nitrogens is 2. The number of nitrogens with zero attached hydrogens (tertiary/aromatic N) is 2. The topological polar surface area (TPSA) is 65.4 Å². The van der Waals surface area contributed by atoms with E-state index in [1.54, 1.807) is 13.3 Å². The van der Waals surface area contributed by atoms with Crippen LogP contribution in [0.4, 0.5) is 0 Å². The number of carbonyl (C=O) groups is 1. The molecule has 1 N–H and O–H groups in total. The van der Waals surface area contributed by atoms with Crippen LogP contribution in [0.3, 0.4) is 0 Å². The van der Waals surface area contributed by atoms with Crippen molar-refractivity contribution in [1.82, 2.24) is 14.9 Å². The third-order valence-corrected chi connectivity index (χ3v) is 4.07. The number of amides is 1. The average Bonchev–Trinajstić information content (AvgIpc) is 3.24. The van der Waals surface area contributed by atoms with Gasteiger partial charge in [-0.2, -0.15) is 0 Å². The lowest BCUT2D eigenvalue weighted by atomic mass is 10.1. The summed E-state index contributed by atoms with van der Waals surface area (Å²) >= 11 is 0. The molecule has 23 heavy (non-hydrogen) atoms. The molecule has 0 bridgehead atoms. The van der Waals surface area contributed by atoms with Gasteiger partial charge in [0, 0.05) is 26.0 Å². The van der Waals surface area contributed by atoms with Crippen molar-refractivity contribution in [3.05, 3.63) is 48.0 Å². The number of rotatable bonds is 5. The smallest absolute Gasteiger partial charge is 0.249 e. The zero-order chi connectivity index (χ0) is 16.2. The fourth-order valence-electron chi connectivity index (χ4n) is 2.77. The molecule has 6 nitrogen and oxygen atoms in total. The van der Waals surface area contributed by atoms with E-state index in [0.717, 1.165) is 30.0 Å². The summed E-state index contributed by atoms with van der Waals surface area (Å²) < 4.78 is 12.6. The summed E-state index contributed by atoms with van der Waals surface area (Å²) in [4.78, 5) is 16.9. The minimum Gasteiger partial charge on any atom is -0.497 e. The fraction of sp³-hybridized carbons (Fsp3) is 0.412. The highest BCUT2D eigenvalue weighted by atomic mass is 16.5. The van der Waals surface area contributed by atoms with Crippen molar-refractivity contribution in [1.29, 1.82) is 0 Å². The zero-order valence-electron chi connectivity index (χ0n) is 13.4. The molecule has 2 aromatic rings. The number of hydrogen-bond acceptors (Lipinski definition) is 4. The van der Waals surface area contributed by atoms with Crippen molar-refractivity contribution in [2.45, 2.75) is 25.0 Å². The predicted molar refractivity (Wildman–Crippen MR) is 85.2 cm³/mol. The zero-order valence-corrected chi connectivity index (χ0v) is 13.4. The van der Waals surface area contributed by atoms with Crippen LogP contribution in [0, 0.1) is 0 Å². The van der Waals surface area contributed by atoms with Crippen molar-refractivity contribution in [3.8, 4) is 5.75 Å². The van der Waals surface area contributed by atoms with E-state index in [4.69, 9.17) is 9.47 Å². The fourth-order valence-corrected chi connectivity index (χ4v) is 2.77. The van der Waals surface area contributed by atoms with Gasteiger partial charge in [-0.15, -0.1) is 0 Å². The summed E-state index contributed by atoms with van der Waals surface area (Å²) in [6, 6.07) is 7.31. The average molecular weight is 315 g/mol. The van der Waals surface area contributed by atoms with Crippen molar-refractivity contribution >= 4 is 5.91 Å². The summed E-state index contributed by atoms with van der Waals surface area (Å²) in [6.45, 7) is 0.647. The highest BCUT2D eigenvalue weighted by molar-refractivity contribution is 5.81. The molecule has 6 heteroatoms. The third-order valence-electron chi connectivity index (χ3n) is 4.07. The molecule has 0 radical (unpaired) electrons. The molecule has 0 spiro atoms. The minimum atomic E-state index is -0.365. The first-order valence-electron chi connectivity index (χ1n) is 7.72. The Hall–Kier alpha value is -2.34. The van der Waals surface area contributed by atoms with E-state index in [9.17, 15) is 4.79 Å². The first-order valence-corrected chi connectivity index (χ1v) is 7.72. The Morgan fingerprint density at radius 3 is 2.78 bits per heavy atom. The van der Waals surface area contributed by atoms with Gasteiger partial charge in [-0.3, -0.25) is 4.79 Å². The molecular formula is C17H21N3O3. The van der Waals surface area contributed by atoms with E-state index >= 15 is 0 Å². The lowest BCUT2D eigenvalue weighted by molar-refractivity contribution is -0.130. The summed E-state index contributed by atoms with van der Waals surface area (Å²) in [5, 5.41) is 3.07. The van der Waals surface area contributed by atoms with Crippen LogP contribution >= 0.6 is 0 Å². The quantitative estimate of drug-likeness (QED) is 0.914. The van der Waals surface area contributed by atoms with Crippen LogP contribution < -0.4 is 10.1 Å². The van der Waals surface area contributed by atoms with E-state index in [2.05, 4.69) is 10.3 Å². The Morgan fingerprint density at radius 1 is 1.43 bits per heavy atom. The Labute approximate surface area is 135 Å². The molecule has 2 heterocycles. The van der Waals surface area contributed by atoms with Crippen molar-refractivity contribution in [2.24, 2.45) is 7.05 Å². The number of methoxy groups -OCH3 is 1. The highest BCUT2D eigenvalue weighted by Crippen LogP contribution is 2.24. The van der Waals surface area contributed by atoms with Gasteiger partial charge in [0.25, 0.3) is 0 Å². The second kappa shape index (κ2) is 6.83. The number of nitrogens with one attached hydrogen (secondary N) is 1. The molecule has 2 atom stereocenters. The molecule has 3 rings (SSSR count). The van der Waals surface area contributed by atoms with Crippen LogP contribution in [-0.2, 0) is 16.6 Å². The van der Waals surface area contributed by atoms with Gasteiger partial charge in [0.15, 0.2) is 0 Å². The van der Waals surface area contributed by atoms with Crippen LogP contribution in [0.15, 0.2) is 36.7 Å². The summed E-state index contributed by atoms with van der Waals surface area (Å²) in [5.74, 6) is 1.46. The molecule has 1 aromatic heterocycles. The van der Waals surface area contributed by atoms with E-state index in [-0.39, 0.29) is 18.1 Å². The van der Waals surface area contributed by atoms with Crippen LogP contribution in [0.5, 0.6) is 5.75 Å². The Kier molecular flexibility index (Phi) is 4.62. The van der Waals surface area contributed by atoms with Crippen LogP contribution in [-0.4, -0.2) is 35.3 Å². The Bertz CT molecular complexity index is 660. The van der Waals surface area contributed by atoms with Gasteiger partial charge in [-0.25, -0.2) is 4.98 Å². The summed E-state index contributed by atoms with van der Waals surface area (Å²) in [5.41, 5.74) is 0.950. The van der Waals surface area contributed by atoms with Crippen LogP contribution in [0.2, 0.25) is 0 Å². The van der Waals surface area contributed by atoms with Gasteiger partial charge in [-0.05, 0) is 30.5 Å². The maximum atomic E-state index is 12.5. The number of aryl methyl sites for hydroxylation is 1. The Morgan fingerprint density at radius 2 is 2.22 bits per heavy atom. The molecule has 1 saturated heterocycles. The van der Waals surface area contributed by atoms with Gasteiger partial charge in [-0.1, -0.05) is 12.1 Å². The number of imidazole rings is 1. The van der Waals surface area contributed by atoms with Crippen molar-refractivity contribution in [3.63, 3.8) is 0 Å². The lowest BCUT2D eigenvalue weighted by Gasteiger charge is -2.21. The molecule has 122 valence electrons. The van der Waals surface area contributed by atoms with E-state index in [0.29, 0.717) is 6.61 Å². The maximum absolute atomic E-state index is 12.5. The lowest BCUT2D eigenvalue weighted by Crippen LogP contribution is -2.38. The number of benzene rings is 1. The second-order valence-electron chi connectivity index (χ2n) is 5.61. The standard InChI is InChI=1S/C17H21N3O3/c1-20-10-9-18-16(20)15(12-5-7-13(22-2)8-6-12)19-17(21)14-4-3-11-23-14/h5-10,14-15H,3-4,11H2,1-2H3,(H,19,21)/t14-,15-/m0/s1. The molecular weight excluding hydrogens is 294 g/mol. The number of ether oxygens (including phenoxy) is 2.